The van der Waals surface area contributed by atoms with E-state index in [1.54, 1.807) is 0 Å². The second-order valence-corrected chi connectivity index (χ2v) is 6.88. The van der Waals surface area contributed by atoms with Crippen LogP contribution in [0.25, 0.3) is 0 Å². The monoisotopic (exact) mass is 268 g/mol. The summed E-state index contributed by atoms with van der Waals surface area (Å²) in [5.74, 6) is 0. The van der Waals surface area contributed by atoms with Gasteiger partial charge in [-0.25, -0.2) is 13.6 Å². The van der Waals surface area contributed by atoms with Crippen molar-refractivity contribution in [2.45, 2.75) is 38.0 Å². The molecular formula is C13H20N2O2S. The van der Waals surface area contributed by atoms with Crippen molar-refractivity contribution in [3.63, 3.8) is 0 Å². The molecule has 0 aliphatic carbocycles. The summed E-state index contributed by atoms with van der Waals surface area (Å²) >= 11 is 0. The number of hydrogen-bond acceptors (Lipinski definition) is 3. The van der Waals surface area contributed by atoms with Crippen molar-refractivity contribution in [1.82, 2.24) is 5.32 Å². The van der Waals surface area contributed by atoms with E-state index in [0.717, 1.165) is 6.42 Å². The van der Waals surface area contributed by atoms with Crippen molar-refractivity contribution in [3.05, 3.63) is 34.9 Å². The minimum atomic E-state index is -3.41. The lowest BCUT2D eigenvalue weighted by atomic mass is 9.92. The van der Waals surface area contributed by atoms with Gasteiger partial charge in [0, 0.05) is 12.6 Å². The molecule has 2 unspecified atom stereocenters. The molecule has 2 rings (SSSR count). The zero-order valence-corrected chi connectivity index (χ0v) is 11.6. The Balaban J connectivity index is 2.13. The standard InChI is InChI=1S/C13H20N2O2S/c1-9-4-3-5-12(10(9)2)13-7-6-11(8-15-13)18(14,16)17/h3-5,11,13,15H,6-8H2,1-2H3,(H2,14,16,17). The zero-order chi connectivity index (χ0) is 13.3. The highest BCUT2D eigenvalue weighted by atomic mass is 32.2. The Morgan fingerprint density at radius 3 is 2.56 bits per heavy atom. The smallest absolute Gasteiger partial charge is 0.213 e. The molecule has 1 saturated heterocycles. The van der Waals surface area contributed by atoms with Gasteiger partial charge in [0.1, 0.15) is 0 Å². The van der Waals surface area contributed by atoms with Crippen molar-refractivity contribution in [2.24, 2.45) is 5.14 Å². The van der Waals surface area contributed by atoms with Gasteiger partial charge < -0.3 is 5.32 Å². The Hall–Kier alpha value is -0.910. The van der Waals surface area contributed by atoms with Crippen LogP contribution < -0.4 is 10.5 Å². The number of piperidine rings is 1. The van der Waals surface area contributed by atoms with E-state index in [1.165, 1.54) is 16.7 Å². The van der Waals surface area contributed by atoms with Crippen LogP contribution in [-0.2, 0) is 10.0 Å². The number of sulfonamides is 1. The molecule has 0 radical (unpaired) electrons. The summed E-state index contributed by atoms with van der Waals surface area (Å²) in [7, 11) is -3.41. The molecule has 1 fully saturated rings. The number of primary sulfonamides is 1. The first-order valence-electron chi connectivity index (χ1n) is 6.20. The lowest BCUT2D eigenvalue weighted by molar-refractivity contribution is 0.407. The van der Waals surface area contributed by atoms with Gasteiger partial charge in [-0.05, 0) is 43.4 Å². The van der Waals surface area contributed by atoms with E-state index in [1.807, 2.05) is 6.07 Å². The molecule has 0 spiro atoms. The Labute approximate surface area is 109 Å². The second kappa shape index (κ2) is 4.99. The van der Waals surface area contributed by atoms with Crippen LogP contribution in [0.15, 0.2) is 18.2 Å². The molecule has 1 aromatic carbocycles. The summed E-state index contributed by atoms with van der Waals surface area (Å²) in [4.78, 5) is 0. The number of nitrogens with one attached hydrogen (secondary N) is 1. The Morgan fingerprint density at radius 1 is 1.28 bits per heavy atom. The van der Waals surface area contributed by atoms with Crippen LogP contribution >= 0.6 is 0 Å². The predicted octanol–water partition coefficient (Wildman–Crippen LogP) is 1.39. The molecule has 1 aliphatic heterocycles. The van der Waals surface area contributed by atoms with Crippen molar-refractivity contribution < 1.29 is 8.42 Å². The van der Waals surface area contributed by atoms with Crippen LogP contribution in [0.4, 0.5) is 0 Å². The average molecular weight is 268 g/mol. The average Bonchev–Trinajstić information content (AvgIpc) is 2.32. The molecule has 2 atom stereocenters. The first kappa shape index (κ1) is 13.5. The SMILES string of the molecule is Cc1cccc(C2CCC(S(N)(=O)=O)CN2)c1C. The van der Waals surface area contributed by atoms with Gasteiger partial charge in [-0.15, -0.1) is 0 Å². The quantitative estimate of drug-likeness (QED) is 0.851. The molecule has 1 aliphatic rings. The van der Waals surface area contributed by atoms with Gasteiger partial charge in [0.05, 0.1) is 5.25 Å². The molecule has 5 heteroatoms. The summed E-state index contributed by atoms with van der Waals surface area (Å²) in [5.41, 5.74) is 3.81. The summed E-state index contributed by atoms with van der Waals surface area (Å²) < 4.78 is 22.6. The van der Waals surface area contributed by atoms with Gasteiger partial charge in [0.2, 0.25) is 10.0 Å². The van der Waals surface area contributed by atoms with E-state index < -0.39 is 15.3 Å². The molecule has 100 valence electrons. The third-order valence-corrected chi connectivity index (χ3v) is 5.19. The third kappa shape index (κ3) is 2.74. The number of hydrogen-bond donors (Lipinski definition) is 2. The van der Waals surface area contributed by atoms with E-state index >= 15 is 0 Å². The summed E-state index contributed by atoms with van der Waals surface area (Å²) in [6.07, 6.45) is 1.44. The van der Waals surface area contributed by atoms with Crippen LogP contribution in [0.1, 0.15) is 35.6 Å². The van der Waals surface area contributed by atoms with Gasteiger partial charge in [-0.3, -0.25) is 0 Å². The zero-order valence-electron chi connectivity index (χ0n) is 10.8. The summed E-state index contributed by atoms with van der Waals surface area (Å²) in [6, 6.07) is 6.49. The fourth-order valence-electron chi connectivity index (χ4n) is 2.53. The summed E-state index contributed by atoms with van der Waals surface area (Å²) in [6.45, 7) is 4.64. The maximum atomic E-state index is 11.3. The Morgan fingerprint density at radius 2 is 2.00 bits per heavy atom. The van der Waals surface area contributed by atoms with E-state index in [-0.39, 0.29) is 6.04 Å². The van der Waals surface area contributed by atoms with Crippen molar-refractivity contribution in [2.75, 3.05) is 6.54 Å². The minimum absolute atomic E-state index is 0.239. The van der Waals surface area contributed by atoms with Gasteiger partial charge >= 0.3 is 0 Å². The maximum absolute atomic E-state index is 11.3. The Bertz CT molecular complexity index is 532. The number of nitrogens with two attached hydrogens (primary N) is 1. The maximum Gasteiger partial charge on any atom is 0.213 e. The molecule has 4 nitrogen and oxygen atoms in total. The van der Waals surface area contributed by atoms with Crippen LogP contribution in [-0.4, -0.2) is 20.2 Å². The molecule has 1 heterocycles. The van der Waals surface area contributed by atoms with Crippen LogP contribution in [0.5, 0.6) is 0 Å². The fraction of sp³-hybridized carbons (Fsp3) is 0.538. The largest absolute Gasteiger partial charge is 0.309 e. The first-order valence-corrected chi connectivity index (χ1v) is 7.81. The van der Waals surface area contributed by atoms with Gasteiger partial charge in [-0.2, -0.15) is 0 Å². The first-order chi connectivity index (χ1) is 8.39. The van der Waals surface area contributed by atoms with Crippen molar-refractivity contribution in [1.29, 1.82) is 0 Å². The molecule has 0 bridgehead atoms. The molecule has 3 N–H and O–H groups in total. The summed E-state index contributed by atoms with van der Waals surface area (Å²) in [5, 5.41) is 8.04. The molecular weight excluding hydrogens is 248 g/mol. The third-order valence-electron chi connectivity index (χ3n) is 3.86. The number of benzene rings is 1. The predicted molar refractivity (Wildman–Crippen MR) is 72.8 cm³/mol. The molecule has 0 amide bonds. The van der Waals surface area contributed by atoms with E-state index in [0.29, 0.717) is 13.0 Å². The van der Waals surface area contributed by atoms with Gasteiger partial charge in [0.15, 0.2) is 0 Å². The van der Waals surface area contributed by atoms with Crippen LogP contribution in [0.2, 0.25) is 0 Å². The molecule has 18 heavy (non-hydrogen) atoms. The van der Waals surface area contributed by atoms with Gasteiger partial charge in [0.25, 0.3) is 0 Å². The van der Waals surface area contributed by atoms with Gasteiger partial charge in [-0.1, -0.05) is 18.2 Å². The molecule has 1 aromatic rings. The number of rotatable bonds is 2. The van der Waals surface area contributed by atoms with E-state index in [2.05, 4.69) is 31.3 Å². The highest BCUT2D eigenvalue weighted by Gasteiger charge is 2.29. The van der Waals surface area contributed by atoms with E-state index in [4.69, 9.17) is 5.14 Å². The van der Waals surface area contributed by atoms with Crippen molar-refractivity contribution in [3.8, 4) is 0 Å². The highest BCUT2D eigenvalue weighted by Crippen LogP contribution is 2.28. The van der Waals surface area contributed by atoms with Crippen LogP contribution in [0.3, 0.4) is 0 Å². The lowest BCUT2D eigenvalue weighted by Gasteiger charge is -2.30. The Kier molecular flexibility index (Phi) is 3.75. The normalized spacial score (nSPS) is 25.1. The van der Waals surface area contributed by atoms with Crippen molar-refractivity contribution >= 4 is 10.0 Å². The van der Waals surface area contributed by atoms with Crippen LogP contribution in [0, 0.1) is 13.8 Å². The molecule has 0 saturated carbocycles. The fourth-order valence-corrected chi connectivity index (χ4v) is 3.32. The number of aryl methyl sites for hydroxylation is 1. The topological polar surface area (TPSA) is 72.2 Å². The highest BCUT2D eigenvalue weighted by molar-refractivity contribution is 7.89. The minimum Gasteiger partial charge on any atom is -0.309 e. The van der Waals surface area contributed by atoms with E-state index in [9.17, 15) is 8.42 Å². The second-order valence-electron chi connectivity index (χ2n) is 5.04. The molecule has 0 aromatic heterocycles. The lowest BCUT2D eigenvalue weighted by Crippen LogP contribution is -2.43.